The van der Waals surface area contributed by atoms with Crippen LogP contribution in [0.5, 0.6) is 0 Å². The van der Waals surface area contributed by atoms with Crippen LogP contribution in [0.15, 0.2) is 0 Å². The van der Waals surface area contributed by atoms with E-state index in [2.05, 4.69) is 5.32 Å². The fraction of sp³-hybridized carbons (Fsp3) is 0.812. The molecule has 0 aromatic carbocycles. The molecule has 7 nitrogen and oxygen atoms in total. The van der Waals surface area contributed by atoms with Gasteiger partial charge in [-0.15, -0.1) is 0 Å². The van der Waals surface area contributed by atoms with Gasteiger partial charge in [0.15, 0.2) is 0 Å². The first-order valence-corrected chi connectivity index (χ1v) is 7.73. The summed E-state index contributed by atoms with van der Waals surface area (Å²) in [5, 5.41) is 2.63. The summed E-state index contributed by atoms with van der Waals surface area (Å²) in [6.07, 6.45) is -0.139. The monoisotopic (exact) mass is 330 g/mol. The van der Waals surface area contributed by atoms with E-state index in [-0.39, 0.29) is 5.92 Å². The van der Waals surface area contributed by atoms with Gasteiger partial charge in [0.05, 0.1) is 7.11 Å². The summed E-state index contributed by atoms with van der Waals surface area (Å²) in [6.45, 7) is 10.7. The summed E-state index contributed by atoms with van der Waals surface area (Å²) >= 11 is 0. The van der Waals surface area contributed by atoms with E-state index in [4.69, 9.17) is 9.47 Å². The van der Waals surface area contributed by atoms with E-state index >= 15 is 0 Å². The number of ether oxygens (including phenoxy) is 2. The topological polar surface area (TPSA) is 84.9 Å². The zero-order chi connectivity index (χ0) is 18.4. The molecule has 7 heteroatoms. The lowest BCUT2D eigenvalue weighted by Gasteiger charge is -2.29. The standard InChI is InChI=1S/C16H30N2O5/c1-10(2)9-12(14(20)22-8)17-13(19)11(3)18(7)15(21)23-16(4,5)6/h10-12H,9H2,1-8H3,(H,17,19)/t11-,12-/m1/s1. The van der Waals surface area contributed by atoms with Gasteiger partial charge in [0.2, 0.25) is 5.91 Å². The molecule has 0 fully saturated rings. The number of rotatable bonds is 6. The number of hydrogen-bond donors (Lipinski definition) is 1. The molecular weight excluding hydrogens is 300 g/mol. The third kappa shape index (κ3) is 7.85. The normalized spacial score (nSPS) is 14.0. The number of carbonyl (C=O) groups is 3. The molecule has 0 heterocycles. The lowest BCUT2D eigenvalue weighted by molar-refractivity contribution is -0.146. The van der Waals surface area contributed by atoms with Crippen LogP contribution in [0, 0.1) is 5.92 Å². The van der Waals surface area contributed by atoms with Crippen LogP contribution in [0.25, 0.3) is 0 Å². The molecule has 0 aliphatic carbocycles. The lowest BCUT2D eigenvalue weighted by atomic mass is 10.0. The highest BCUT2D eigenvalue weighted by atomic mass is 16.6. The largest absolute Gasteiger partial charge is 0.467 e. The molecule has 23 heavy (non-hydrogen) atoms. The minimum Gasteiger partial charge on any atom is -0.467 e. The highest BCUT2D eigenvalue weighted by molar-refractivity contribution is 5.89. The molecule has 1 N–H and O–H groups in total. The van der Waals surface area contributed by atoms with Crippen molar-refractivity contribution in [3.05, 3.63) is 0 Å². The van der Waals surface area contributed by atoms with Crippen molar-refractivity contribution < 1.29 is 23.9 Å². The van der Waals surface area contributed by atoms with Crippen LogP contribution in [0.2, 0.25) is 0 Å². The Balaban J connectivity index is 4.85. The van der Waals surface area contributed by atoms with Crippen LogP contribution in [0.4, 0.5) is 4.79 Å². The van der Waals surface area contributed by atoms with Crippen molar-refractivity contribution in [2.45, 2.75) is 65.6 Å². The molecule has 0 aromatic heterocycles. The van der Waals surface area contributed by atoms with Gasteiger partial charge in [0, 0.05) is 7.05 Å². The molecule has 0 spiro atoms. The maximum absolute atomic E-state index is 12.3. The summed E-state index contributed by atoms with van der Waals surface area (Å²) in [6, 6.07) is -1.51. The summed E-state index contributed by atoms with van der Waals surface area (Å²) in [5.41, 5.74) is -0.645. The predicted molar refractivity (Wildman–Crippen MR) is 86.9 cm³/mol. The second kappa shape index (κ2) is 8.74. The Morgan fingerprint density at radius 1 is 1.13 bits per heavy atom. The van der Waals surface area contributed by atoms with Gasteiger partial charge in [-0.2, -0.15) is 0 Å². The molecule has 0 rings (SSSR count). The molecule has 0 aliphatic heterocycles. The maximum Gasteiger partial charge on any atom is 0.410 e. The second-order valence-corrected chi connectivity index (χ2v) is 6.98. The van der Waals surface area contributed by atoms with Crippen molar-refractivity contribution in [2.24, 2.45) is 5.92 Å². The van der Waals surface area contributed by atoms with Crippen molar-refractivity contribution in [1.29, 1.82) is 0 Å². The Bertz CT molecular complexity index is 429. The van der Waals surface area contributed by atoms with E-state index < -0.39 is 35.7 Å². The Kier molecular flexibility index (Phi) is 8.06. The van der Waals surface area contributed by atoms with Crippen LogP contribution in [-0.4, -0.2) is 54.7 Å². The molecule has 134 valence electrons. The van der Waals surface area contributed by atoms with E-state index in [9.17, 15) is 14.4 Å². The van der Waals surface area contributed by atoms with Crippen LogP contribution in [0.1, 0.15) is 48.0 Å². The molecule has 0 unspecified atom stereocenters. The van der Waals surface area contributed by atoms with E-state index in [1.807, 2.05) is 13.8 Å². The highest BCUT2D eigenvalue weighted by Crippen LogP contribution is 2.12. The molecule has 0 saturated heterocycles. The zero-order valence-electron chi connectivity index (χ0n) is 15.4. The zero-order valence-corrected chi connectivity index (χ0v) is 15.4. The van der Waals surface area contributed by atoms with Gasteiger partial charge in [0.25, 0.3) is 0 Å². The molecule has 0 aliphatic rings. The van der Waals surface area contributed by atoms with E-state index in [0.717, 1.165) is 0 Å². The van der Waals surface area contributed by atoms with E-state index in [1.165, 1.54) is 19.1 Å². The predicted octanol–water partition coefficient (Wildman–Crippen LogP) is 1.95. The molecule has 2 amide bonds. The SMILES string of the molecule is COC(=O)[C@@H](CC(C)C)NC(=O)[C@@H](C)N(C)C(=O)OC(C)(C)C. The third-order valence-corrected chi connectivity index (χ3v) is 3.15. The number of hydrogen-bond acceptors (Lipinski definition) is 5. The fourth-order valence-corrected chi connectivity index (χ4v) is 1.79. The fourth-order valence-electron chi connectivity index (χ4n) is 1.79. The van der Waals surface area contributed by atoms with Gasteiger partial charge in [-0.1, -0.05) is 13.8 Å². The number of amides is 2. The van der Waals surface area contributed by atoms with Gasteiger partial charge < -0.3 is 14.8 Å². The molecule has 0 bridgehead atoms. The number of nitrogens with one attached hydrogen (secondary N) is 1. The van der Waals surface area contributed by atoms with Crippen LogP contribution < -0.4 is 5.32 Å². The van der Waals surface area contributed by atoms with Gasteiger partial charge in [-0.3, -0.25) is 9.69 Å². The van der Waals surface area contributed by atoms with E-state index in [0.29, 0.717) is 6.42 Å². The first kappa shape index (κ1) is 21.2. The highest BCUT2D eigenvalue weighted by Gasteiger charge is 2.30. The van der Waals surface area contributed by atoms with Crippen molar-refractivity contribution in [3.8, 4) is 0 Å². The first-order valence-electron chi connectivity index (χ1n) is 7.73. The van der Waals surface area contributed by atoms with Crippen molar-refractivity contribution >= 4 is 18.0 Å². The van der Waals surface area contributed by atoms with Crippen LogP contribution >= 0.6 is 0 Å². The summed E-state index contributed by atoms with van der Waals surface area (Å²) in [4.78, 5) is 37.2. The van der Waals surface area contributed by atoms with Gasteiger partial charge in [0.1, 0.15) is 17.7 Å². The number of likely N-dealkylation sites (N-methyl/N-ethyl adjacent to an activating group) is 1. The van der Waals surface area contributed by atoms with Crippen LogP contribution in [0.3, 0.4) is 0 Å². The molecule has 0 saturated carbocycles. The second-order valence-electron chi connectivity index (χ2n) is 6.98. The average Bonchev–Trinajstić information content (AvgIpc) is 2.41. The summed E-state index contributed by atoms with van der Waals surface area (Å²) < 4.78 is 9.93. The number of carbonyl (C=O) groups excluding carboxylic acids is 3. The Morgan fingerprint density at radius 2 is 1.65 bits per heavy atom. The first-order chi connectivity index (χ1) is 10.4. The van der Waals surface area contributed by atoms with Gasteiger partial charge in [-0.25, -0.2) is 9.59 Å². The summed E-state index contributed by atoms with van der Waals surface area (Å²) in [5.74, 6) is -0.730. The summed E-state index contributed by atoms with van der Waals surface area (Å²) in [7, 11) is 2.76. The minimum absolute atomic E-state index is 0.207. The number of nitrogens with zero attached hydrogens (tertiary/aromatic N) is 1. The van der Waals surface area contributed by atoms with E-state index in [1.54, 1.807) is 27.7 Å². The number of esters is 1. The van der Waals surface area contributed by atoms with Gasteiger partial charge >= 0.3 is 12.1 Å². The minimum atomic E-state index is -0.774. The Hall–Kier alpha value is -1.79. The third-order valence-electron chi connectivity index (χ3n) is 3.15. The average molecular weight is 330 g/mol. The van der Waals surface area contributed by atoms with Crippen molar-refractivity contribution in [3.63, 3.8) is 0 Å². The molecular formula is C16H30N2O5. The van der Waals surface area contributed by atoms with Crippen molar-refractivity contribution in [2.75, 3.05) is 14.2 Å². The van der Waals surface area contributed by atoms with Crippen LogP contribution in [-0.2, 0) is 19.1 Å². The lowest BCUT2D eigenvalue weighted by Crippen LogP contribution is -2.52. The smallest absolute Gasteiger partial charge is 0.410 e. The van der Waals surface area contributed by atoms with Gasteiger partial charge in [-0.05, 0) is 40.0 Å². The maximum atomic E-state index is 12.3. The Morgan fingerprint density at radius 3 is 2.04 bits per heavy atom. The molecule has 0 aromatic rings. The number of methoxy groups -OCH3 is 1. The molecule has 2 atom stereocenters. The van der Waals surface area contributed by atoms with Crippen molar-refractivity contribution in [1.82, 2.24) is 10.2 Å². The quantitative estimate of drug-likeness (QED) is 0.752. The molecule has 0 radical (unpaired) electrons. The Labute approximate surface area is 138 Å².